The van der Waals surface area contributed by atoms with Crippen LogP contribution in [0.15, 0.2) is 0 Å². The van der Waals surface area contributed by atoms with E-state index in [0.29, 0.717) is 6.42 Å². The van der Waals surface area contributed by atoms with Crippen LogP contribution in [-0.2, 0) is 15.6 Å². The molecule has 0 aromatic rings. The van der Waals surface area contributed by atoms with Crippen LogP contribution in [0.3, 0.4) is 0 Å². The Kier molecular flexibility index (Phi) is 6.79. The van der Waals surface area contributed by atoms with Gasteiger partial charge in [0.15, 0.2) is 0 Å². The fraction of sp³-hybridized carbons (Fsp3) is 0.900. The average Bonchev–Trinajstić information content (AvgIpc) is 2.16. The van der Waals surface area contributed by atoms with Crippen molar-refractivity contribution in [1.82, 2.24) is 0 Å². The molecule has 0 bridgehead atoms. The van der Waals surface area contributed by atoms with Crippen molar-refractivity contribution in [2.45, 2.75) is 57.0 Å². The minimum absolute atomic E-state index is 0.0204. The van der Waals surface area contributed by atoms with E-state index in [1.54, 1.807) is 0 Å². The summed E-state index contributed by atoms with van der Waals surface area (Å²) in [4.78, 5) is 10.9. The number of carboxylic acids is 1. The smallest absolute Gasteiger partial charge is 0.319 e. The second kappa shape index (κ2) is 6.98. The normalized spacial score (nSPS) is 17.4. The summed E-state index contributed by atoms with van der Waals surface area (Å²) in [6.45, 7) is 5.78. The fourth-order valence-corrected chi connectivity index (χ4v) is 2.66. The van der Waals surface area contributed by atoms with Crippen LogP contribution >= 0.6 is 0 Å². The number of hydrogen-bond donors (Lipinski definition) is 1. The van der Waals surface area contributed by atoms with Gasteiger partial charge in [-0.25, -0.2) is 0 Å². The van der Waals surface area contributed by atoms with Gasteiger partial charge in [0.25, 0.3) is 0 Å². The summed E-state index contributed by atoms with van der Waals surface area (Å²) in [5, 5.41) is 8.23. The highest BCUT2D eigenvalue weighted by molar-refractivity contribution is 7.87. The van der Waals surface area contributed by atoms with Gasteiger partial charge in [0.2, 0.25) is 0 Å². The molecule has 4 heteroatoms. The maximum absolute atomic E-state index is 11.8. The molecule has 0 aliphatic rings. The van der Waals surface area contributed by atoms with E-state index < -0.39 is 22.0 Å². The van der Waals surface area contributed by atoms with Gasteiger partial charge < -0.3 is 5.11 Å². The molecule has 0 spiro atoms. The Labute approximate surface area is 88.4 Å². The zero-order chi connectivity index (χ0) is 11.1. The number of hydrogen-bond acceptors (Lipinski definition) is 2. The quantitative estimate of drug-likeness (QED) is 0.715. The summed E-state index contributed by atoms with van der Waals surface area (Å²) in [5.41, 5.74) is 0. The lowest BCUT2D eigenvalue weighted by molar-refractivity contribution is -0.136. The molecule has 3 unspecified atom stereocenters. The maximum atomic E-state index is 11.8. The van der Waals surface area contributed by atoms with E-state index in [4.69, 9.17) is 5.11 Å². The lowest BCUT2D eigenvalue weighted by Crippen LogP contribution is -2.31. The molecular weight excluding hydrogens is 200 g/mol. The SMILES string of the molecule is CCCCC(C(=O)O)S(=O)C(C)CC. The highest BCUT2D eigenvalue weighted by Gasteiger charge is 2.26. The molecule has 3 atom stereocenters. The Morgan fingerprint density at radius 3 is 2.36 bits per heavy atom. The molecule has 0 saturated heterocycles. The maximum Gasteiger partial charge on any atom is 0.319 e. The van der Waals surface area contributed by atoms with E-state index in [-0.39, 0.29) is 5.25 Å². The number of carbonyl (C=O) groups is 1. The number of rotatable bonds is 7. The largest absolute Gasteiger partial charge is 0.480 e. The molecule has 1 N–H and O–H groups in total. The molecule has 0 fully saturated rings. The Morgan fingerprint density at radius 1 is 1.43 bits per heavy atom. The van der Waals surface area contributed by atoms with Crippen LogP contribution in [0.25, 0.3) is 0 Å². The van der Waals surface area contributed by atoms with Crippen LogP contribution in [0, 0.1) is 0 Å². The molecule has 0 aliphatic carbocycles. The number of carboxylic acid groups (broad SMARTS) is 1. The van der Waals surface area contributed by atoms with Gasteiger partial charge in [-0.3, -0.25) is 9.00 Å². The highest BCUT2D eigenvalue weighted by Crippen LogP contribution is 2.13. The summed E-state index contributed by atoms with van der Waals surface area (Å²) < 4.78 is 11.8. The zero-order valence-corrected chi connectivity index (χ0v) is 9.97. The average molecular weight is 220 g/mol. The Bertz CT molecular complexity index is 204. The third-order valence-electron chi connectivity index (χ3n) is 2.35. The summed E-state index contributed by atoms with van der Waals surface area (Å²) in [6.07, 6.45) is 3.08. The van der Waals surface area contributed by atoms with Crippen molar-refractivity contribution in [3.05, 3.63) is 0 Å². The van der Waals surface area contributed by atoms with Gasteiger partial charge in [-0.15, -0.1) is 0 Å². The summed E-state index contributed by atoms with van der Waals surface area (Å²) in [7, 11) is -1.23. The van der Waals surface area contributed by atoms with Gasteiger partial charge in [0.1, 0.15) is 5.25 Å². The van der Waals surface area contributed by atoms with Gasteiger partial charge in [-0.1, -0.05) is 33.6 Å². The fourth-order valence-electron chi connectivity index (χ4n) is 1.17. The Hall–Kier alpha value is -0.380. The first-order valence-corrected chi connectivity index (χ1v) is 6.44. The first kappa shape index (κ1) is 13.6. The number of unbranched alkanes of at least 4 members (excludes halogenated alkanes) is 1. The van der Waals surface area contributed by atoms with Crippen LogP contribution in [0.2, 0.25) is 0 Å². The van der Waals surface area contributed by atoms with Crippen molar-refractivity contribution in [1.29, 1.82) is 0 Å². The van der Waals surface area contributed by atoms with E-state index in [2.05, 4.69) is 0 Å². The molecule has 3 nitrogen and oxygen atoms in total. The molecule has 0 amide bonds. The predicted molar refractivity (Wildman–Crippen MR) is 58.8 cm³/mol. The minimum Gasteiger partial charge on any atom is -0.480 e. The van der Waals surface area contributed by atoms with Crippen LogP contribution in [0.1, 0.15) is 46.5 Å². The van der Waals surface area contributed by atoms with Crippen molar-refractivity contribution < 1.29 is 14.1 Å². The van der Waals surface area contributed by atoms with E-state index in [1.165, 1.54) is 0 Å². The second-order valence-corrected chi connectivity index (χ2v) is 5.55. The first-order chi connectivity index (χ1) is 6.54. The first-order valence-electron chi connectivity index (χ1n) is 5.16. The third kappa shape index (κ3) is 4.22. The van der Waals surface area contributed by atoms with Gasteiger partial charge >= 0.3 is 5.97 Å². The van der Waals surface area contributed by atoms with Gasteiger partial charge in [0, 0.05) is 16.0 Å². The molecule has 14 heavy (non-hydrogen) atoms. The summed E-state index contributed by atoms with van der Waals surface area (Å²) in [6, 6.07) is 0. The standard InChI is InChI=1S/C10H20O3S/c1-4-6-7-9(10(11)12)14(13)8(3)5-2/h8-9H,4-7H2,1-3H3,(H,11,12). The van der Waals surface area contributed by atoms with Crippen molar-refractivity contribution in [2.75, 3.05) is 0 Å². The van der Waals surface area contributed by atoms with E-state index >= 15 is 0 Å². The van der Waals surface area contributed by atoms with Crippen LogP contribution in [0.4, 0.5) is 0 Å². The topological polar surface area (TPSA) is 54.4 Å². The molecule has 0 aromatic heterocycles. The molecule has 0 aromatic carbocycles. The third-order valence-corrected chi connectivity index (χ3v) is 4.47. The van der Waals surface area contributed by atoms with Gasteiger partial charge in [0.05, 0.1) is 0 Å². The lowest BCUT2D eigenvalue weighted by Gasteiger charge is -2.15. The zero-order valence-electron chi connectivity index (χ0n) is 9.16. The van der Waals surface area contributed by atoms with Crippen molar-refractivity contribution in [3.8, 4) is 0 Å². The van der Waals surface area contributed by atoms with Crippen molar-refractivity contribution in [2.24, 2.45) is 0 Å². The molecule has 0 saturated carbocycles. The van der Waals surface area contributed by atoms with E-state index in [9.17, 15) is 9.00 Å². The van der Waals surface area contributed by atoms with Gasteiger partial charge in [-0.2, -0.15) is 0 Å². The second-order valence-electron chi connectivity index (χ2n) is 3.52. The Morgan fingerprint density at radius 2 is 2.00 bits per heavy atom. The highest BCUT2D eigenvalue weighted by atomic mass is 32.2. The van der Waals surface area contributed by atoms with Crippen LogP contribution < -0.4 is 0 Å². The predicted octanol–water partition coefficient (Wildman–Crippen LogP) is 2.18. The molecule has 0 aliphatic heterocycles. The molecule has 0 radical (unpaired) electrons. The van der Waals surface area contributed by atoms with E-state index in [1.807, 2.05) is 20.8 Å². The molecule has 0 rings (SSSR count). The van der Waals surface area contributed by atoms with Crippen molar-refractivity contribution in [3.63, 3.8) is 0 Å². The Balaban J connectivity index is 4.33. The van der Waals surface area contributed by atoms with Gasteiger partial charge in [-0.05, 0) is 12.8 Å². The monoisotopic (exact) mass is 220 g/mol. The molecular formula is C10H20O3S. The summed E-state index contributed by atoms with van der Waals surface area (Å²) >= 11 is 0. The van der Waals surface area contributed by atoms with Crippen molar-refractivity contribution >= 4 is 16.8 Å². The minimum atomic E-state index is -1.23. The van der Waals surface area contributed by atoms with Crippen LogP contribution in [0.5, 0.6) is 0 Å². The summed E-state index contributed by atoms with van der Waals surface area (Å²) in [5.74, 6) is -0.919. The number of aliphatic carboxylic acids is 1. The molecule has 84 valence electrons. The lowest BCUT2D eigenvalue weighted by atomic mass is 10.2. The van der Waals surface area contributed by atoms with Crippen LogP contribution in [-0.4, -0.2) is 25.8 Å². The molecule has 0 heterocycles. The van der Waals surface area contributed by atoms with E-state index in [0.717, 1.165) is 19.3 Å².